The molecule has 0 aromatic heterocycles. The Morgan fingerprint density at radius 1 is 0.705 bits per heavy atom. The van der Waals surface area contributed by atoms with Crippen LogP contribution in [0.15, 0.2) is 36.4 Å². The summed E-state index contributed by atoms with van der Waals surface area (Å²) in [5.74, 6) is 0.135. The monoisotopic (exact) mass is 654 g/mol. The first kappa shape index (κ1) is 35.2. The Balaban J connectivity index is 1.33. The number of benzene rings is 2. The molecule has 2 aromatic rings. The van der Waals surface area contributed by atoms with Crippen LogP contribution in [0.3, 0.4) is 0 Å². The van der Waals surface area contributed by atoms with Gasteiger partial charge in [0.05, 0.1) is 47.8 Å². The summed E-state index contributed by atoms with van der Waals surface area (Å²) >= 11 is 12.4. The maximum absolute atomic E-state index is 11.0. The van der Waals surface area contributed by atoms with E-state index in [0.29, 0.717) is 53.3 Å². The van der Waals surface area contributed by atoms with Crippen LogP contribution in [-0.4, -0.2) is 57.0 Å². The molecule has 8 atom stereocenters. The predicted molar refractivity (Wildman–Crippen MR) is 170 cm³/mol. The van der Waals surface area contributed by atoms with Gasteiger partial charge in [-0.2, -0.15) is 0 Å². The lowest BCUT2D eigenvalue weighted by Crippen LogP contribution is -2.36. The zero-order valence-electron chi connectivity index (χ0n) is 25.7. The third kappa shape index (κ3) is 10.7. The molecule has 0 saturated carbocycles. The SMILES string of the molecule is CCCCC1CC(CC(O)CCCC2CC(CCCC(C)O)OC(c3cc(Cl)ccc3O)O2)OC(c2cc(Cl)ccc2O)O1. The number of phenols is 2. The molecular weight excluding hydrogens is 607 g/mol. The van der Waals surface area contributed by atoms with Crippen molar-refractivity contribution >= 4 is 23.2 Å². The minimum absolute atomic E-state index is 0.0366. The van der Waals surface area contributed by atoms with Crippen LogP contribution >= 0.6 is 23.2 Å². The maximum atomic E-state index is 11.0. The smallest absolute Gasteiger partial charge is 0.188 e. The Bertz CT molecular complexity index is 1160. The van der Waals surface area contributed by atoms with Gasteiger partial charge in [0.2, 0.25) is 0 Å². The molecule has 2 aromatic carbocycles. The van der Waals surface area contributed by atoms with Crippen LogP contribution in [0, 0.1) is 0 Å². The fraction of sp³-hybridized carbons (Fsp3) is 0.647. The summed E-state index contributed by atoms with van der Waals surface area (Å²) in [6.07, 6.45) is 6.19. The molecule has 246 valence electrons. The molecule has 8 nitrogen and oxygen atoms in total. The topological polar surface area (TPSA) is 118 Å². The first-order valence-corrected chi connectivity index (χ1v) is 16.8. The summed E-state index contributed by atoms with van der Waals surface area (Å²) in [4.78, 5) is 0. The number of aliphatic hydroxyl groups excluding tert-OH is 2. The Morgan fingerprint density at radius 3 is 1.66 bits per heavy atom. The van der Waals surface area contributed by atoms with Crippen molar-refractivity contribution in [1.29, 1.82) is 0 Å². The summed E-state index contributed by atoms with van der Waals surface area (Å²) < 4.78 is 25.0. The average Bonchev–Trinajstić information content (AvgIpc) is 2.98. The van der Waals surface area contributed by atoms with Gasteiger partial charge in [0.1, 0.15) is 11.5 Å². The van der Waals surface area contributed by atoms with Crippen molar-refractivity contribution in [1.82, 2.24) is 0 Å². The van der Waals surface area contributed by atoms with Crippen LogP contribution in [0.2, 0.25) is 10.0 Å². The van der Waals surface area contributed by atoms with Crippen molar-refractivity contribution < 1.29 is 39.4 Å². The predicted octanol–water partition coefficient (Wildman–Crippen LogP) is 8.11. The Hall–Kier alpha value is -1.62. The molecule has 0 radical (unpaired) electrons. The van der Waals surface area contributed by atoms with Gasteiger partial charge in [-0.15, -0.1) is 0 Å². The largest absolute Gasteiger partial charge is 0.507 e. The van der Waals surface area contributed by atoms with Gasteiger partial charge >= 0.3 is 0 Å². The fourth-order valence-electron chi connectivity index (χ4n) is 6.08. The van der Waals surface area contributed by atoms with Crippen molar-refractivity contribution in [2.45, 2.75) is 140 Å². The number of aliphatic hydroxyl groups is 2. The van der Waals surface area contributed by atoms with E-state index in [1.807, 2.05) is 0 Å². The molecule has 44 heavy (non-hydrogen) atoms. The molecule has 2 aliphatic heterocycles. The number of halogens is 2. The number of phenolic OH excluding ortho intramolecular Hbond substituents is 2. The normalized spacial score (nSPS) is 27.2. The number of rotatable bonds is 15. The molecule has 8 unspecified atom stereocenters. The lowest BCUT2D eigenvalue weighted by molar-refractivity contribution is -0.254. The van der Waals surface area contributed by atoms with Gasteiger partial charge in [0, 0.05) is 22.9 Å². The second-order valence-electron chi connectivity index (χ2n) is 12.3. The molecule has 2 fully saturated rings. The maximum Gasteiger partial charge on any atom is 0.188 e. The molecule has 4 rings (SSSR count). The third-order valence-electron chi connectivity index (χ3n) is 8.43. The summed E-state index contributed by atoms with van der Waals surface area (Å²) in [7, 11) is 0. The lowest BCUT2D eigenvalue weighted by Gasteiger charge is -2.37. The van der Waals surface area contributed by atoms with Gasteiger partial charge < -0.3 is 39.4 Å². The van der Waals surface area contributed by atoms with Crippen LogP contribution in [0.1, 0.15) is 115 Å². The minimum Gasteiger partial charge on any atom is -0.507 e. The van der Waals surface area contributed by atoms with Gasteiger partial charge in [-0.05, 0) is 94.7 Å². The van der Waals surface area contributed by atoms with Crippen LogP contribution in [-0.2, 0) is 18.9 Å². The number of ether oxygens (including phenoxy) is 4. The summed E-state index contributed by atoms with van der Waals surface area (Å²) in [5, 5.41) is 42.6. The van der Waals surface area contributed by atoms with Crippen molar-refractivity contribution in [2.75, 3.05) is 0 Å². The number of unbranched alkanes of at least 4 members (excludes halogenated alkanes) is 1. The highest BCUT2D eigenvalue weighted by Gasteiger charge is 2.35. The summed E-state index contributed by atoms with van der Waals surface area (Å²) in [6.45, 7) is 3.92. The van der Waals surface area contributed by atoms with Gasteiger partial charge in [0.25, 0.3) is 0 Å². The Morgan fingerprint density at radius 2 is 1.16 bits per heavy atom. The van der Waals surface area contributed by atoms with Gasteiger partial charge in [-0.1, -0.05) is 43.0 Å². The third-order valence-corrected chi connectivity index (χ3v) is 8.90. The van der Waals surface area contributed by atoms with Crippen LogP contribution in [0.5, 0.6) is 11.5 Å². The molecule has 10 heteroatoms. The van der Waals surface area contributed by atoms with Gasteiger partial charge in [0.15, 0.2) is 12.6 Å². The fourth-order valence-corrected chi connectivity index (χ4v) is 6.44. The van der Waals surface area contributed by atoms with E-state index in [0.717, 1.165) is 44.9 Å². The second kappa shape index (κ2) is 17.3. The molecule has 2 heterocycles. The molecule has 0 bridgehead atoms. The van der Waals surface area contributed by atoms with Crippen molar-refractivity contribution in [3.8, 4) is 11.5 Å². The first-order chi connectivity index (χ1) is 21.1. The van der Waals surface area contributed by atoms with E-state index in [4.69, 9.17) is 42.1 Å². The van der Waals surface area contributed by atoms with Crippen LogP contribution < -0.4 is 0 Å². The zero-order valence-corrected chi connectivity index (χ0v) is 27.3. The van der Waals surface area contributed by atoms with Crippen LogP contribution in [0.4, 0.5) is 0 Å². The van der Waals surface area contributed by atoms with E-state index in [2.05, 4.69) is 6.92 Å². The number of hydrogen-bond donors (Lipinski definition) is 4. The molecule has 4 N–H and O–H groups in total. The molecular formula is C34H48Cl2O8. The van der Waals surface area contributed by atoms with E-state index in [-0.39, 0.29) is 42.0 Å². The second-order valence-corrected chi connectivity index (χ2v) is 13.2. The van der Waals surface area contributed by atoms with E-state index in [1.165, 1.54) is 12.1 Å². The van der Waals surface area contributed by atoms with E-state index >= 15 is 0 Å². The average molecular weight is 656 g/mol. The van der Waals surface area contributed by atoms with Gasteiger partial charge in [-0.3, -0.25) is 0 Å². The Kier molecular flexibility index (Phi) is 13.9. The highest BCUT2D eigenvalue weighted by molar-refractivity contribution is 6.31. The van der Waals surface area contributed by atoms with E-state index in [9.17, 15) is 20.4 Å². The van der Waals surface area contributed by atoms with E-state index < -0.39 is 18.7 Å². The first-order valence-electron chi connectivity index (χ1n) is 16.1. The van der Waals surface area contributed by atoms with Crippen molar-refractivity contribution in [3.05, 3.63) is 57.6 Å². The minimum atomic E-state index is -0.747. The Labute approximate surface area is 271 Å². The van der Waals surface area contributed by atoms with Crippen LogP contribution in [0.25, 0.3) is 0 Å². The zero-order chi connectivity index (χ0) is 31.6. The molecule has 0 amide bonds. The van der Waals surface area contributed by atoms with Gasteiger partial charge in [-0.25, -0.2) is 0 Å². The molecule has 0 spiro atoms. The molecule has 2 aliphatic rings. The van der Waals surface area contributed by atoms with Crippen molar-refractivity contribution in [2.24, 2.45) is 0 Å². The highest BCUT2D eigenvalue weighted by atomic mass is 35.5. The van der Waals surface area contributed by atoms with Crippen molar-refractivity contribution in [3.63, 3.8) is 0 Å². The number of aromatic hydroxyl groups is 2. The number of hydrogen-bond acceptors (Lipinski definition) is 8. The molecule has 0 aliphatic carbocycles. The van der Waals surface area contributed by atoms with E-state index in [1.54, 1.807) is 31.2 Å². The summed E-state index contributed by atoms with van der Waals surface area (Å²) in [5.41, 5.74) is 0.996. The lowest BCUT2D eigenvalue weighted by atomic mass is 9.95. The summed E-state index contributed by atoms with van der Waals surface area (Å²) in [6, 6.07) is 9.65. The standard InChI is InChI=1S/C34H48Cl2O8/c1-3-4-9-25-20-28(44-34(41-25)30-17-23(36)13-15-32(30)40)18-24(38)8-6-11-27-19-26(10-5-7-21(2)37)42-33(43-27)29-16-22(35)12-14-31(29)39/h12-17,21,24-28,33-34,37-40H,3-11,18-20H2,1-2H3. The highest BCUT2D eigenvalue weighted by Crippen LogP contribution is 2.40. The molecule has 2 saturated heterocycles. The quantitative estimate of drug-likeness (QED) is 0.152.